The second-order valence-corrected chi connectivity index (χ2v) is 4.10. The van der Waals surface area contributed by atoms with E-state index in [0.29, 0.717) is 0 Å². The number of carbonyl (C=O) groups is 1. The summed E-state index contributed by atoms with van der Waals surface area (Å²) >= 11 is 5.34. The summed E-state index contributed by atoms with van der Waals surface area (Å²) in [7, 11) is 0. The molecule has 1 aromatic carbocycles. The van der Waals surface area contributed by atoms with Gasteiger partial charge in [0.1, 0.15) is 5.75 Å². The van der Waals surface area contributed by atoms with Crippen molar-refractivity contribution in [2.75, 3.05) is 0 Å². The van der Waals surface area contributed by atoms with Crippen LogP contribution in [0.15, 0.2) is 42.6 Å². The zero-order valence-corrected chi connectivity index (χ0v) is 10.6. The molecule has 1 heterocycles. The summed E-state index contributed by atoms with van der Waals surface area (Å²) in [6.07, 6.45) is -3.14. The molecule has 0 aliphatic heterocycles. The Hall–Kier alpha value is -2.08. The molecule has 0 aliphatic rings. The molecule has 0 unspecified atom stereocenters. The number of hydrogen-bond acceptors (Lipinski definition) is 3. The molecule has 1 aromatic heterocycles. The minimum absolute atomic E-state index is 0.0217. The molecule has 0 amide bonds. The fourth-order valence-corrected chi connectivity index (χ4v) is 1.61. The maximum absolute atomic E-state index is 12.6. The first-order valence-electron chi connectivity index (χ1n) is 5.38. The standard InChI is InChI=1S/C13H7ClF3NO2/c14-11(19)10-5-2-6-18-12(10)20-9-4-1-3-8(7-9)13(15,16)17/h1-7H. The molecule has 2 aromatic rings. The fraction of sp³-hybridized carbons (Fsp3) is 0.0769. The molecule has 0 radical (unpaired) electrons. The number of alkyl halides is 3. The molecule has 0 saturated carbocycles. The molecule has 7 heteroatoms. The molecular weight excluding hydrogens is 295 g/mol. The number of ether oxygens (including phenoxy) is 1. The monoisotopic (exact) mass is 301 g/mol. The van der Waals surface area contributed by atoms with E-state index in [2.05, 4.69) is 4.98 Å². The Kier molecular flexibility index (Phi) is 3.94. The van der Waals surface area contributed by atoms with E-state index < -0.39 is 17.0 Å². The van der Waals surface area contributed by atoms with Crippen LogP contribution in [-0.4, -0.2) is 10.2 Å². The zero-order valence-electron chi connectivity index (χ0n) is 9.82. The highest BCUT2D eigenvalue weighted by Crippen LogP contribution is 2.33. The first-order chi connectivity index (χ1) is 9.38. The van der Waals surface area contributed by atoms with Crippen molar-refractivity contribution in [1.82, 2.24) is 4.98 Å². The van der Waals surface area contributed by atoms with E-state index in [9.17, 15) is 18.0 Å². The normalized spacial score (nSPS) is 11.2. The summed E-state index contributed by atoms with van der Waals surface area (Å²) in [5.41, 5.74) is -0.878. The van der Waals surface area contributed by atoms with Crippen molar-refractivity contribution in [1.29, 1.82) is 0 Å². The van der Waals surface area contributed by atoms with Gasteiger partial charge in [0.25, 0.3) is 5.24 Å². The molecule has 0 saturated heterocycles. The number of pyridine rings is 1. The minimum Gasteiger partial charge on any atom is -0.438 e. The Balaban J connectivity index is 2.34. The average Bonchev–Trinajstić information content (AvgIpc) is 2.38. The lowest BCUT2D eigenvalue weighted by Crippen LogP contribution is -2.05. The van der Waals surface area contributed by atoms with Gasteiger partial charge in [-0.05, 0) is 41.9 Å². The van der Waals surface area contributed by atoms with Crippen molar-refractivity contribution >= 4 is 16.8 Å². The highest BCUT2D eigenvalue weighted by molar-refractivity contribution is 6.68. The van der Waals surface area contributed by atoms with Crippen LogP contribution in [0.5, 0.6) is 11.6 Å². The molecule has 20 heavy (non-hydrogen) atoms. The maximum Gasteiger partial charge on any atom is 0.416 e. The molecule has 104 valence electrons. The lowest BCUT2D eigenvalue weighted by molar-refractivity contribution is -0.137. The number of nitrogens with zero attached hydrogens (tertiary/aromatic N) is 1. The van der Waals surface area contributed by atoms with E-state index in [1.54, 1.807) is 0 Å². The molecule has 0 bridgehead atoms. The predicted octanol–water partition coefficient (Wildman–Crippen LogP) is 4.27. The summed E-state index contributed by atoms with van der Waals surface area (Å²) in [5.74, 6) is -0.232. The molecule has 0 aliphatic carbocycles. The van der Waals surface area contributed by atoms with Gasteiger partial charge in [-0.25, -0.2) is 4.98 Å². The average molecular weight is 302 g/mol. The van der Waals surface area contributed by atoms with Gasteiger partial charge in [0.05, 0.1) is 11.1 Å². The molecular formula is C13H7ClF3NO2. The maximum atomic E-state index is 12.6. The van der Waals surface area contributed by atoms with E-state index in [1.165, 1.54) is 30.5 Å². The van der Waals surface area contributed by atoms with Gasteiger partial charge in [-0.2, -0.15) is 13.2 Å². The third-order valence-corrected chi connectivity index (χ3v) is 2.56. The predicted molar refractivity (Wildman–Crippen MR) is 65.9 cm³/mol. The van der Waals surface area contributed by atoms with Crippen molar-refractivity contribution in [2.24, 2.45) is 0 Å². The third-order valence-electron chi connectivity index (χ3n) is 2.36. The Labute approximate surface area is 117 Å². The second kappa shape index (κ2) is 5.50. The Bertz CT molecular complexity index is 644. The van der Waals surface area contributed by atoms with Crippen LogP contribution >= 0.6 is 11.6 Å². The van der Waals surface area contributed by atoms with Crippen LogP contribution in [0.25, 0.3) is 0 Å². The van der Waals surface area contributed by atoms with Crippen molar-refractivity contribution in [2.45, 2.75) is 6.18 Å². The van der Waals surface area contributed by atoms with E-state index in [-0.39, 0.29) is 17.2 Å². The van der Waals surface area contributed by atoms with Crippen LogP contribution in [0.2, 0.25) is 0 Å². The number of benzene rings is 1. The van der Waals surface area contributed by atoms with Crippen molar-refractivity contribution in [3.8, 4) is 11.6 Å². The van der Waals surface area contributed by atoms with E-state index in [0.717, 1.165) is 12.1 Å². The van der Waals surface area contributed by atoms with Gasteiger partial charge >= 0.3 is 6.18 Å². The Morgan fingerprint density at radius 1 is 1.20 bits per heavy atom. The quantitative estimate of drug-likeness (QED) is 0.795. The van der Waals surface area contributed by atoms with Gasteiger partial charge in [0.15, 0.2) is 0 Å². The van der Waals surface area contributed by atoms with Gasteiger partial charge in [0, 0.05) is 6.20 Å². The molecule has 0 spiro atoms. The van der Waals surface area contributed by atoms with Gasteiger partial charge in [-0.15, -0.1) is 0 Å². The van der Waals surface area contributed by atoms with E-state index in [4.69, 9.17) is 16.3 Å². The SMILES string of the molecule is O=C(Cl)c1cccnc1Oc1cccc(C(F)(F)F)c1. The van der Waals surface area contributed by atoms with Crippen LogP contribution in [0, 0.1) is 0 Å². The molecule has 0 N–H and O–H groups in total. The molecule has 0 fully saturated rings. The lowest BCUT2D eigenvalue weighted by Gasteiger charge is -2.10. The number of rotatable bonds is 3. The van der Waals surface area contributed by atoms with E-state index >= 15 is 0 Å². The number of aromatic nitrogens is 1. The topological polar surface area (TPSA) is 39.2 Å². The third kappa shape index (κ3) is 3.27. The van der Waals surface area contributed by atoms with Gasteiger partial charge in [-0.3, -0.25) is 4.79 Å². The summed E-state index contributed by atoms with van der Waals surface area (Å²) in [4.78, 5) is 14.9. The smallest absolute Gasteiger partial charge is 0.416 e. The molecule has 0 atom stereocenters. The molecule has 2 rings (SSSR count). The summed E-state index contributed by atoms with van der Waals surface area (Å²) in [6, 6.07) is 7.09. The minimum atomic E-state index is -4.48. The first-order valence-corrected chi connectivity index (χ1v) is 5.75. The first kappa shape index (κ1) is 14.3. The highest BCUT2D eigenvalue weighted by atomic mass is 35.5. The zero-order chi connectivity index (χ0) is 14.8. The Morgan fingerprint density at radius 2 is 1.95 bits per heavy atom. The van der Waals surface area contributed by atoms with Gasteiger partial charge in [0.2, 0.25) is 5.88 Å². The summed E-state index contributed by atoms with van der Waals surface area (Å²) < 4.78 is 42.9. The van der Waals surface area contributed by atoms with Crippen molar-refractivity contribution < 1.29 is 22.7 Å². The largest absolute Gasteiger partial charge is 0.438 e. The number of carbonyl (C=O) groups excluding carboxylic acids is 1. The van der Waals surface area contributed by atoms with E-state index in [1.807, 2.05) is 0 Å². The van der Waals surface area contributed by atoms with Crippen LogP contribution in [-0.2, 0) is 6.18 Å². The van der Waals surface area contributed by atoms with Crippen molar-refractivity contribution in [3.05, 3.63) is 53.7 Å². The van der Waals surface area contributed by atoms with Crippen LogP contribution < -0.4 is 4.74 Å². The van der Waals surface area contributed by atoms with Gasteiger partial charge in [-0.1, -0.05) is 6.07 Å². The van der Waals surface area contributed by atoms with Crippen LogP contribution in [0.3, 0.4) is 0 Å². The number of hydrogen-bond donors (Lipinski definition) is 0. The summed E-state index contributed by atoms with van der Waals surface area (Å²) in [5, 5.41) is -0.805. The number of halogens is 4. The molecule has 3 nitrogen and oxygen atoms in total. The lowest BCUT2D eigenvalue weighted by atomic mass is 10.2. The van der Waals surface area contributed by atoms with Crippen LogP contribution in [0.4, 0.5) is 13.2 Å². The fourth-order valence-electron chi connectivity index (χ4n) is 1.47. The highest BCUT2D eigenvalue weighted by Gasteiger charge is 2.30. The van der Waals surface area contributed by atoms with Gasteiger partial charge < -0.3 is 4.74 Å². The second-order valence-electron chi connectivity index (χ2n) is 3.76. The van der Waals surface area contributed by atoms with Crippen LogP contribution in [0.1, 0.15) is 15.9 Å². The Morgan fingerprint density at radius 3 is 2.60 bits per heavy atom. The van der Waals surface area contributed by atoms with Crippen molar-refractivity contribution in [3.63, 3.8) is 0 Å². The summed E-state index contributed by atoms with van der Waals surface area (Å²) in [6.45, 7) is 0.